The fourth-order valence-electron chi connectivity index (χ4n) is 2.94. The lowest BCUT2D eigenvalue weighted by Gasteiger charge is -2.18. The number of amides is 1. The van der Waals surface area contributed by atoms with Gasteiger partial charge in [-0.05, 0) is 51.5 Å². The van der Waals surface area contributed by atoms with E-state index >= 15 is 0 Å². The van der Waals surface area contributed by atoms with Gasteiger partial charge >= 0.3 is 11.9 Å². The van der Waals surface area contributed by atoms with Crippen LogP contribution in [0, 0.1) is 5.92 Å². The molecule has 1 heterocycles. The number of anilines is 1. The summed E-state index contributed by atoms with van der Waals surface area (Å²) in [5.74, 6) is -0.275. The summed E-state index contributed by atoms with van der Waals surface area (Å²) in [4.78, 5) is 37.7. The maximum atomic E-state index is 12.6. The number of carbonyl (C=O) groups excluding carboxylic acids is 3. The first kappa shape index (κ1) is 21.8. The maximum absolute atomic E-state index is 12.6. The van der Waals surface area contributed by atoms with Gasteiger partial charge in [-0.1, -0.05) is 6.92 Å². The van der Waals surface area contributed by atoms with Crippen molar-refractivity contribution in [3.05, 3.63) is 16.0 Å². The Kier molecular flexibility index (Phi) is 8.16. The molecule has 0 radical (unpaired) electrons. The molecule has 0 bridgehead atoms. The lowest BCUT2D eigenvalue weighted by atomic mass is 9.88. The van der Waals surface area contributed by atoms with Crippen molar-refractivity contribution < 1.29 is 23.9 Å². The van der Waals surface area contributed by atoms with Crippen LogP contribution in [0.25, 0.3) is 0 Å². The molecule has 0 saturated heterocycles. The minimum Gasteiger partial charge on any atom is -0.465 e. The number of thiophene rings is 1. The normalized spacial score (nSPS) is 17.0. The molecule has 1 N–H and O–H groups in total. The number of thioether (sulfide) groups is 1. The molecule has 6 nitrogen and oxygen atoms in total. The highest BCUT2D eigenvalue weighted by molar-refractivity contribution is 8.01. The summed E-state index contributed by atoms with van der Waals surface area (Å²) >= 11 is 2.68. The van der Waals surface area contributed by atoms with Crippen LogP contribution in [0.3, 0.4) is 0 Å². The van der Waals surface area contributed by atoms with Gasteiger partial charge in [0.25, 0.3) is 0 Å². The zero-order chi connectivity index (χ0) is 20.0. The molecule has 1 aliphatic rings. The van der Waals surface area contributed by atoms with E-state index in [2.05, 4.69) is 12.2 Å². The Morgan fingerprint density at radius 2 is 1.96 bits per heavy atom. The summed E-state index contributed by atoms with van der Waals surface area (Å²) in [6.45, 7) is 8.05. The monoisotopic (exact) mass is 413 g/mol. The fourth-order valence-corrected chi connectivity index (χ4v) is 5.02. The Hall–Kier alpha value is -1.54. The molecule has 0 aliphatic heterocycles. The number of hydrogen-bond donors (Lipinski definition) is 1. The first-order chi connectivity index (χ1) is 12.9. The zero-order valence-electron chi connectivity index (χ0n) is 16.3. The van der Waals surface area contributed by atoms with Gasteiger partial charge in [0.1, 0.15) is 5.00 Å². The van der Waals surface area contributed by atoms with Crippen LogP contribution in [0.15, 0.2) is 0 Å². The molecule has 1 aromatic rings. The van der Waals surface area contributed by atoms with Crippen molar-refractivity contribution in [2.75, 3.05) is 24.3 Å². The molecule has 0 unspecified atom stereocenters. The average molecular weight is 414 g/mol. The van der Waals surface area contributed by atoms with Crippen LogP contribution in [0.1, 0.15) is 54.9 Å². The molecule has 27 heavy (non-hydrogen) atoms. The van der Waals surface area contributed by atoms with Gasteiger partial charge in [0.15, 0.2) is 0 Å². The zero-order valence-corrected chi connectivity index (χ0v) is 17.9. The standard InChI is InChI=1S/C19H27NO5S2/c1-5-24-15(21)10-26-12(4)17(22)20-18-16(19(23)25-6-2)13-8-7-11(3)9-14(13)27-18/h11-12H,5-10H2,1-4H3,(H,20,22)/t11-,12+/m0/s1. The number of nitrogens with one attached hydrogen (secondary N) is 1. The van der Waals surface area contributed by atoms with Crippen molar-refractivity contribution >= 4 is 45.9 Å². The van der Waals surface area contributed by atoms with Crippen molar-refractivity contribution in [3.8, 4) is 0 Å². The molecule has 2 atom stereocenters. The van der Waals surface area contributed by atoms with Gasteiger partial charge in [0.2, 0.25) is 5.91 Å². The van der Waals surface area contributed by atoms with E-state index < -0.39 is 5.25 Å². The van der Waals surface area contributed by atoms with E-state index in [4.69, 9.17) is 9.47 Å². The Balaban J connectivity index is 2.13. The van der Waals surface area contributed by atoms with Gasteiger partial charge in [-0.25, -0.2) is 4.79 Å². The summed E-state index contributed by atoms with van der Waals surface area (Å²) in [6, 6.07) is 0. The van der Waals surface area contributed by atoms with E-state index in [9.17, 15) is 14.4 Å². The van der Waals surface area contributed by atoms with Gasteiger partial charge in [-0.15, -0.1) is 23.1 Å². The Labute approximate surface area is 168 Å². The third-order valence-corrected chi connectivity index (χ3v) is 6.64. The quantitative estimate of drug-likeness (QED) is 0.655. The molecule has 0 saturated carbocycles. The second-order valence-electron chi connectivity index (χ2n) is 6.52. The van der Waals surface area contributed by atoms with Crippen LogP contribution in [-0.2, 0) is 31.9 Å². The Bertz CT molecular complexity index is 701. The van der Waals surface area contributed by atoms with Gasteiger partial charge in [0, 0.05) is 4.88 Å². The molecule has 150 valence electrons. The van der Waals surface area contributed by atoms with E-state index in [1.54, 1.807) is 20.8 Å². The second kappa shape index (κ2) is 10.1. The molecule has 2 rings (SSSR count). The molecule has 8 heteroatoms. The Morgan fingerprint density at radius 3 is 2.63 bits per heavy atom. The number of hydrogen-bond acceptors (Lipinski definition) is 7. The van der Waals surface area contributed by atoms with Gasteiger partial charge < -0.3 is 14.8 Å². The molecule has 1 aliphatic carbocycles. The van der Waals surface area contributed by atoms with E-state index in [0.717, 1.165) is 29.7 Å². The van der Waals surface area contributed by atoms with Crippen molar-refractivity contribution in [2.45, 2.75) is 52.2 Å². The van der Waals surface area contributed by atoms with E-state index in [0.29, 0.717) is 29.7 Å². The predicted molar refractivity (Wildman–Crippen MR) is 109 cm³/mol. The van der Waals surface area contributed by atoms with Crippen molar-refractivity contribution in [3.63, 3.8) is 0 Å². The number of esters is 2. The number of fused-ring (bicyclic) bond motifs is 1. The predicted octanol–water partition coefficient (Wildman–Crippen LogP) is 3.67. The van der Waals surface area contributed by atoms with Crippen molar-refractivity contribution in [1.82, 2.24) is 0 Å². The van der Waals surface area contributed by atoms with Crippen LogP contribution in [-0.4, -0.2) is 42.1 Å². The van der Waals surface area contributed by atoms with Gasteiger partial charge in [0.05, 0.1) is 29.8 Å². The molecule has 1 aromatic heterocycles. The molecule has 0 aromatic carbocycles. The third-order valence-electron chi connectivity index (χ3n) is 4.35. The van der Waals surface area contributed by atoms with Crippen LogP contribution < -0.4 is 5.32 Å². The summed E-state index contributed by atoms with van der Waals surface area (Å²) in [5, 5.41) is 3.00. The van der Waals surface area contributed by atoms with Crippen LogP contribution in [0.2, 0.25) is 0 Å². The summed E-state index contributed by atoms with van der Waals surface area (Å²) in [7, 11) is 0. The minimum absolute atomic E-state index is 0.117. The highest BCUT2D eigenvalue weighted by Gasteiger charge is 2.30. The summed E-state index contributed by atoms with van der Waals surface area (Å²) in [5.41, 5.74) is 1.51. The van der Waals surface area contributed by atoms with Crippen molar-refractivity contribution in [1.29, 1.82) is 0 Å². The topological polar surface area (TPSA) is 81.7 Å². The molecule has 0 fully saturated rings. The first-order valence-electron chi connectivity index (χ1n) is 9.27. The largest absolute Gasteiger partial charge is 0.465 e. The van der Waals surface area contributed by atoms with E-state index in [1.165, 1.54) is 23.1 Å². The minimum atomic E-state index is -0.442. The SMILES string of the molecule is CCOC(=O)CS[C@H](C)C(=O)Nc1sc2c(c1C(=O)OCC)CC[C@H](C)C2. The smallest absolute Gasteiger partial charge is 0.341 e. The Morgan fingerprint density at radius 1 is 1.26 bits per heavy atom. The van der Waals surface area contributed by atoms with Crippen LogP contribution >= 0.6 is 23.1 Å². The number of ether oxygens (including phenoxy) is 2. The van der Waals surface area contributed by atoms with Crippen LogP contribution in [0.4, 0.5) is 5.00 Å². The van der Waals surface area contributed by atoms with Gasteiger partial charge in [-0.2, -0.15) is 0 Å². The summed E-state index contributed by atoms with van der Waals surface area (Å²) in [6.07, 6.45) is 2.76. The van der Waals surface area contributed by atoms with E-state index in [-0.39, 0.29) is 23.6 Å². The number of rotatable bonds is 8. The second-order valence-corrected chi connectivity index (χ2v) is 8.96. The van der Waals surface area contributed by atoms with Crippen molar-refractivity contribution in [2.24, 2.45) is 5.92 Å². The molecule has 0 spiro atoms. The highest BCUT2D eigenvalue weighted by Crippen LogP contribution is 2.40. The fraction of sp³-hybridized carbons (Fsp3) is 0.632. The van der Waals surface area contributed by atoms with Gasteiger partial charge in [-0.3, -0.25) is 9.59 Å². The highest BCUT2D eigenvalue weighted by atomic mass is 32.2. The average Bonchev–Trinajstić information content (AvgIpc) is 2.96. The summed E-state index contributed by atoms with van der Waals surface area (Å²) < 4.78 is 10.1. The first-order valence-corrected chi connectivity index (χ1v) is 11.1. The maximum Gasteiger partial charge on any atom is 0.341 e. The molecular weight excluding hydrogens is 386 g/mol. The molecule has 1 amide bonds. The van der Waals surface area contributed by atoms with Crippen LogP contribution in [0.5, 0.6) is 0 Å². The van der Waals surface area contributed by atoms with E-state index in [1.807, 2.05) is 0 Å². The lowest BCUT2D eigenvalue weighted by molar-refractivity contribution is -0.139. The lowest BCUT2D eigenvalue weighted by Crippen LogP contribution is -2.25. The molecular formula is C19H27NO5S2. The number of carbonyl (C=O) groups is 3. The third kappa shape index (κ3) is 5.72.